The SMILES string of the molecule is Cc1[nH]ncc1-c1ccc2nc(Cc3nnc(CC(=O)O)o3)sc2c1. The number of carbonyl (C=O) groups is 1. The third-order valence-corrected chi connectivity index (χ3v) is 4.71. The van der Waals surface area contributed by atoms with Crippen LogP contribution in [-0.4, -0.2) is 36.5 Å². The lowest BCUT2D eigenvalue weighted by molar-refractivity contribution is -0.136. The molecule has 4 aromatic rings. The zero-order chi connectivity index (χ0) is 17.4. The van der Waals surface area contributed by atoms with Gasteiger partial charge < -0.3 is 9.52 Å². The lowest BCUT2D eigenvalue weighted by atomic mass is 10.1. The number of nitrogens with zero attached hydrogens (tertiary/aromatic N) is 4. The van der Waals surface area contributed by atoms with E-state index in [0.29, 0.717) is 12.3 Å². The molecule has 3 aromatic heterocycles. The van der Waals surface area contributed by atoms with Gasteiger partial charge in [0.2, 0.25) is 11.8 Å². The van der Waals surface area contributed by atoms with Crippen LogP contribution >= 0.6 is 11.3 Å². The van der Waals surface area contributed by atoms with Crippen molar-refractivity contribution in [1.29, 1.82) is 0 Å². The first-order chi connectivity index (χ1) is 12.1. The largest absolute Gasteiger partial charge is 0.481 e. The summed E-state index contributed by atoms with van der Waals surface area (Å²) in [5.41, 5.74) is 4.05. The van der Waals surface area contributed by atoms with Crippen LogP contribution in [0, 0.1) is 6.92 Å². The van der Waals surface area contributed by atoms with E-state index in [4.69, 9.17) is 9.52 Å². The van der Waals surface area contributed by atoms with Gasteiger partial charge in [0.05, 0.1) is 22.8 Å². The molecule has 4 rings (SSSR count). The van der Waals surface area contributed by atoms with Gasteiger partial charge in [-0.25, -0.2) is 4.98 Å². The van der Waals surface area contributed by atoms with Gasteiger partial charge in [-0.15, -0.1) is 21.5 Å². The highest BCUT2D eigenvalue weighted by Crippen LogP contribution is 2.30. The summed E-state index contributed by atoms with van der Waals surface area (Å²) in [5, 5.41) is 24.2. The minimum atomic E-state index is -1.00. The summed E-state index contributed by atoms with van der Waals surface area (Å²) < 4.78 is 6.40. The predicted octanol–water partition coefficient (Wildman–Crippen LogP) is 2.60. The Morgan fingerprint density at radius 1 is 1.32 bits per heavy atom. The molecule has 3 heterocycles. The molecule has 0 aliphatic carbocycles. The maximum atomic E-state index is 10.7. The minimum absolute atomic E-state index is 0.0985. The molecule has 0 bridgehead atoms. The van der Waals surface area contributed by atoms with Gasteiger partial charge in [0.1, 0.15) is 11.4 Å². The number of H-pyrrole nitrogens is 1. The Morgan fingerprint density at radius 2 is 2.16 bits per heavy atom. The molecule has 0 saturated carbocycles. The molecule has 8 nitrogen and oxygen atoms in total. The fourth-order valence-electron chi connectivity index (χ4n) is 2.55. The summed E-state index contributed by atoms with van der Waals surface area (Å²) >= 11 is 1.55. The summed E-state index contributed by atoms with van der Waals surface area (Å²) in [6, 6.07) is 6.07. The smallest absolute Gasteiger partial charge is 0.312 e. The Balaban J connectivity index is 1.60. The van der Waals surface area contributed by atoms with Crippen molar-refractivity contribution >= 4 is 27.5 Å². The van der Waals surface area contributed by atoms with Crippen LogP contribution in [0.5, 0.6) is 0 Å². The molecular formula is C16H13N5O3S. The molecule has 0 fully saturated rings. The van der Waals surface area contributed by atoms with Crippen LogP contribution in [0.3, 0.4) is 0 Å². The van der Waals surface area contributed by atoms with Gasteiger partial charge in [-0.1, -0.05) is 6.07 Å². The van der Waals surface area contributed by atoms with E-state index in [9.17, 15) is 4.79 Å². The van der Waals surface area contributed by atoms with E-state index in [1.54, 1.807) is 17.5 Å². The highest BCUT2D eigenvalue weighted by atomic mass is 32.1. The standard InChI is InChI=1S/C16H13N5O3S/c1-8-10(7-17-19-8)9-2-3-11-12(4-9)25-15(18-11)5-13-20-21-14(24-13)6-16(22)23/h2-4,7H,5-6H2,1H3,(H,17,19)(H,22,23). The number of aliphatic carboxylic acids is 1. The molecule has 0 spiro atoms. The van der Waals surface area contributed by atoms with E-state index in [1.165, 1.54) is 0 Å². The number of hydrogen-bond acceptors (Lipinski definition) is 7. The molecular weight excluding hydrogens is 342 g/mol. The van der Waals surface area contributed by atoms with Gasteiger partial charge in [-0.05, 0) is 24.6 Å². The highest BCUT2D eigenvalue weighted by molar-refractivity contribution is 7.18. The van der Waals surface area contributed by atoms with Crippen LogP contribution < -0.4 is 0 Å². The Labute approximate surface area is 145 Å². The number of aryl methyl sites for hydroxylation is 1. The number of nitrogens with one attached hydrogen (secondary N) is 1. The third kappa shape index (κ3) is 3.13. The van der Waals surface area contributed by atoms with Crippen molar-refractivity contribution in [3.05, 3.63) is 46.9 Å². The third-order valence-electron chi connectivity index (χ3n) is 3.69. The first-order valence-electron chi connectivity index (χ1n) is 7.51. The number of thiazole rings is 1. The minimum Gasteiger partial charge on any atom is -0.481 e. The Kier molecular flexibility index (Phi) is 3.77. The van der Waals surface area contributed by atoms with Crippen molar-refractivity contribution in [2.24, 2.45) is 0 Å². The van der Waals surface area contributed by atoms with Crippen LogP contribution in [0.15, 0.2) is 28.8 Å². The number of aromatic amines is 1. The number of carboxylic acids is 1. The van der Waals surface area contributed by atoms with Gasteiger partial charge in [-0.3, -0.25) is 9.89 Å². The van der Waals surface area contributed by atoms with Crippen LogP contribution in [-0.2, 0) is 17.6 Å². The zero-order valence-corrected chi connectivity index (χ0v) is 14.0. The monoisotopic (exact) mass is 355 g/mol. The van der Waals surface area contributed by atoms with Crippen molar-refractivity contribution in [3.8, 4) is 11.1 Å². The Hall–Kier alpha value is -3.07. The molecule has 1 aromatic carbocycles. The van der Waals surface area contributed by atoms with E-state index in [1.807, 2.05) is 19.1 Å². The fourth-order valence-corrected chi connectivity index (χ4v) is 3.54. The number of carboxylic acid groups (broad SMARTS) is 1. The molecule has 0 radical (unpaired) electrons. The fraction of sp³-hybridized carbons (Fsp3) is 0.188. The topological polar surface area (TPSA) is 118 Å². The molecule has 126 valence electrons. The average molecular weight is 355 g/mol. The van der Waals surface area contributed by atoms with Crippen molar-refractivity contribution in [2.45, 2.75) is 19.8 Å². The first-order valence-corrected chi connectivity index (χ1v) is 8.33. The average Bonchev–Trinajstić information content (AvgIpc) is 3.26. The predicted molar refractivity (Wildman–Crippen MR) is 90.4 cm³/mol. The molecule has 0 aliphatic heterocycles. The quantitative estimate of drug-likeness (QED) is 0.565. The number of hydrogen-bond donors (Lipinski definition) is 2. The van der Waals surface area contributed by atoms with E-state index in [2.05, 4.69) is 31.4 Å². The summed E-state index contributed by atoms with van der Waals surface area (Å²) in [6.45, 7) is 1.98. The van der Waals surface area contributed by atoms with E-state index in [-0.39, 0.29) is 12.3 Å². The summed E-state index contributed by atoms with van der Waals surface area (Å²) in [4.78, 5) is 15.2. The molecule has 25 heavy (non-hydrogen) atoms. The van der Waals surface area contributed by atoms with E-state index >= 15 is 0 Å². The zero-order valence-electron chi connectivity index (χ0n) is 13.2. The van der Waals surface area contributed by atoms with Gasteiger partial charge in [0.25, 0.3) is 0 Å². The maximum Gasteiger partial charge on any atom is 0.312 e. The second kappa shape index (κ2) is 6.10. The second-order valence-corrected chi connectivity index (χ2v) is 6.65. The van der Waals surface area contributed by atoms with Crippen LogP contribution in [0.25, 0.3) is 21.3 Å². The first kappa shape index (κ1) is 15.5. The normalized spacial score (nSPS) is 11.2. The van der Waals surface area contributed by atoms with Crippen molar-refractivity contribution in [1.82, 2.24) is 25.4 Å². The van der Waals surface area contributed by atoms with Crippen molar-refractivity contribution < 1.29 is 14.3 Å². The second-order valence-electron chi connectivity index (χ2n) is 5.54. The lowest BCUT2D eigenvalue weighted by Crippen LogP contribution is -1.99. The van der Waals surface area contributed by atoms with Crippen LogP contribution in [0.4, 0.5) is 0 Å². The van der Waals surface area contributed by atoms with Crippen molar-refractivity contribution in [2.75, 3.05) is 0 Å². The number of benzene rings is 1. The van der Waals surface area contributed by atoms with Gasteiger partial charge in [-0.2, -0.15) is 5.10 Å². The molecule has 0 unspecified atom stereocenters. The Morgan fingerprint density at radius 3 is 2.92 bits per heavy atom. The number of rotatable bonds is 5. The molecule has 0 atom stereocenters. The number of fused-ring (bicyclic) bond motifs is 1. The molecule has 0 amide bonds. The number of aromatic nitrogens is 5. The lowest BCUT2D eigenvalue weighted by Gasteiger charge is -1.98. The van der Waals surface area contributed by atoms with Gasteiger partial charge in [0.15, 0.2) is 0 Å². The molecule has 9 heteroatoms. The van der Waals surface area contributed by atoms with E-state index < -0.39 is 5.97 Å². The molecule has 0 saturated heterocycles. The van der Waals surface area contributed by atoms with Crippen LogP contribution in [0.1, 0.15) is 22.5 Å². The molecule has 0 aliphatic rings. The van der Waals surface area contributed by atoms with Gasteiger partial charge >= 0.3 is 5.97 Å². The maximum absolute atomic E-state index is 10.7. The van der Waals surface area contributed by atoms with Gasteiger partial charge in [0, 0.05) is 11.3 Å². The van der Waals surface area contributed by atoms with Crippen molar-refractivity contribution in [3.63, 3.8) is 0 Å². The Bertz CT molecular complexity index is 1060. The molecule has 2 N–H and O–H groups in total. The summed E-state index contributed by atoms with van der Waals surface area (Å²) in [6.07, 6.45) is 1.91. The summed E-state index contributed by atoms with van der Waals surface area (Å²) in [5.74, 6) is -0.542. The highest BCUT2D eigenvalue weighted by Gasteiger charge is 2.13. The summed E-state index contributed by atoms with van der Waals surface area (Å²) in [7, 11) is 0. The van der Waals surface area contributed by atoms with E-state index in [0.717, 1.165) is 32.0 Å². The van der Waals surface area contributed by atoms with Crippen LogP contribution in [0.2, 0.25) is 0 Å².